The number of nitrogens with zero attached hydrogens (tertiary/aromatic N) is 1. The molecule has 2 unspecified atom stereocenters. The molecule has 0 radical (unpaired) electrons. The second-order valence-electron chi connectivity index (χ2n) is 3.87. The van der Waals surface area contributed by atoms with Crippen molar-refractivity contribution < 1.29 is 5.11 Å². The lowest BCUT2D eigenvalue weighted by Gasteiger charge is -2.19. The molecule has 2 nitrogen and oxygen atoms in total. The van der Waals surface area contributed by atoms with Crippen LogP contribution in [0.5, 0.6) is 0 Å². The Balaban J connectivity index is 3.24. The largest absolute Gasteiger partial charge is 0.393 e. The molecule has 1 aromatic carbocycles. The number of benzene rings is 1. The molecule has 0 amide bonds. The summed E-state index contributed by atoms with van der Waals surface area (Å²) < 4.78 is 0. The van der Waals surface area contributed by atoms with Gasteiger partial charge in [-0.05, 0) is 30.5 Å². The molecule has 2 heteroatoms. The van der Waals surface area contributed by atoms with Gasteiger partial charge in [-0.1, -0.05) is 26.0 Å². The average Bonchev–Trinajstić information content (AvgIpc) is 2.26. The first kappa shape index (κ1) is 11.7. The Morgan fingerprint density at radius 2 is 2.07 bits per heavy atom. The monoisotopic (exact) mass is 203 g/mol. The molecule has 1 rings (SSSR count). The minimum absolute atomic E-state index is 0.0771. The molecule has 80 valence electrons. The second kappa shape index (κ2) is 4.95. The Hall–Kier alpha value is -1.33. The predicted molar refractivity (Wildman–Crippen MR) is 60.6 cm³/mol. The van der Waals surface area contributed by atoms with Gasteiger partial charge < -0.3 is 5.11 Å². The van der Waals surface area contributed by atoms with Crippen LogP contribution in [0.15, 0.2) is 18.2 Å². The van der Waals surface area contributed by atoms with Crippen LogP contribution < -0.4 is 0 Å². The fourth-order valence-electron chi connectivity index (χ4n) is 1.79. The highest BCUT2D eigenvalue weighted by Gasteiger charge is 2.16. The van der Waals surface area contributed by atoms with Gasteiger partial charge in [0.25, 0.3) is 0 Å². The zero-order chi connectivity index (χ0) is 11.4. The van der Waals surface area contributed by atoms with Gasteiger partial charge in [0.1, 0.15) is 0 Å². The average molecular weight is 203 g/mol. The van der Waals surface area contributed by atoms with Crippen molar-refractivity contribution in [2.75, 3.05) is 0 Å². The summed E-state index contributed by atoms with van der Waals surface area (Å²) in [7, 11) is 0. The third-order valence-electron chi connectivity index (χ3n) is 2.90. The van der Waals surface area contributed by atoms with Crippen molar-refractivity contribution in [2.45, 2.75) is 39.2 Å². The van der Waals surface area contributed by atoms with E-state index in [0.717, 1.165) is 23.1 Å². The number of hydrogen-bond donors (Lipinski definition) is 1. The second-order valence-corrected chi connectivity index (χ2v) is 3.87. The van der Waals surface area contributed by atoms with E-state index in [1.807, 2.05) is 32.0 Å². The van der Waals surface area contributed by atoms with Crippen LogP contribution in [-0.2, 0) is 6.42 Å². The van der Waals surface area contributed by atoms with Gasteiger partial charge in [-0.25, -0.2) is 0 Å². The molecule has 0 aliphatic heterocycles. The Kier molecular flexibility index (Phi) is 3.88. The highest BCUT2D eigenvalue weighted by atomic mass is 16.3. The van der Waals surface area contributed by atoms with E-state index >= 15 is 0 Å². The topological polar surface area (TPSA) is 44.0 Å². The van der Waals surface area contributed by atoms with Crippen LogP contribution >= 0.6 is 0 Å². The highest BCUT2D eigenvalue weighted by Crippen LogP contribution is 2.25. The molecule has 1 N–H and O–H groups in total. The molecule has 0 spiro atoms. The summed E-state index contributed by atoms with van der Waals surface area (Å²) in [5.41, 5.74) is 2.88. The summed E-state index contributed by atoms with van der Waals surface area (Å²) in [5.74, 6) is 0.0771. The molecular weight excluding hydrogens is 186 g/mol. The van der Waals surface area contributed by atoms with Crippen LogP contribution in [0.2, 0.25) is 0 Å². The molecule has 0 fully saturated rings. The molecule has 0 aromatic heterocycles. The molecule has 0 aliphatic rings. The quantitative estimate of drug-likeness (QED) is 0.820. The van der Waals surface area contributed by atoms with E-state index in [0.29, 0.717) is 0 Å². The van der Waals surface area contributed by atoms with E-state index in [-0.39, 0.29) is 12.0 Å². The van der Waals surface area contributed by atoms with Gasteiger partial charge in [0, 0.05) is 5.92 Å². The number of aliphatic hydroxyl groups is 1. The maximum Gasteiger partial charge on any atom is 0.0994 e. The summed E-state index contributed by atoms with van der Waals surface area (Å²) in [6.45, 7) is 5.80. The zero-order valence-corrected chi connectivity index (χ0v) is 9.49. The Labute approximate surface area is 91.2 Å². The van der Waals surface area contributed by atoms with Crippen molar-refractivity contribution in [3.63, 3.8) is 0 Å². The molecular formula is C13H17NO. The molecule has 0 saturated heterocycles. The van der Waals surface area contributed by atoms with Crippen LogP contribution in [0.25, 0.3) is 0 Å². The van der Waals surface area contributed by atoms with E-state index in [2.05, 4.69) is 6.07 Å². The van der Waals surface area contributed by atoms with E-state index in [4.69, 9.17) is 5.26 Å². The van der Waals surface area contributed by atoms with Crippen molar-refractivity contribution in [3.8, 4) is 6.07 Å². The zero-order valence-electron chi connectivity index (χ0n) is 9.49. The third-order valence-corrected chi connectivity index (χ3v) is 2.90. The first-order valence-corrected chi connectivity index (χ1v) is 5.31. The van der Waals surface area contributed by atoms with Crippen molar-refractivity contribution >= 4 is 0 Å². The first-order valence-electron chi connectivity index (χ1n) is 5.31. The smallest absolute Gasteiger partial charge is 0.0994 e. The minimum Gasteiger partial charge on any atom is -0.393 e. The Morgan fingerprint density at radius 1 is 1.40 bits per heavy atom. The maximum absolute atomic E-state index is 9.57. The summed E-state index contributed by atoms with van der Waals surface area (Å²) >= 11 is 0. The Bertz CT molecular complexity index is 377. The lowest BCUT2D eigenvalue weighted by atomic mass is 9.88. The number of hydrogen-bond acceptors (Lipinski definition) is 2. The van der Waals surface area contributed by atoms with Crippen molar-refractivity contribution in [3.05, 3.63) is 34.9 Å². The Morgan fingerprint density at radius 3 is 2.53 bits per heavy atom. The molecule has 15 heavy (non-hydrogen) atoms. The highest BCUT2D eigenvalue weighted by molar-refractivity contribution is 5.44. The normalized spacial score (nSPS) is 14.3. The van der Waals surface area contributed by atoms with Gasteiger partial charge >= 0.3 is 0 Å². The molecule has 0 bridgehead atoms. The summed E-state index contributed by atoms with van der Waals surface area (Å²) in [4.78, 5) is 0. The van der Waals surface area contributed by atoms with E-state index in [1.165, 1.54) is 0 Å². The summed E-state index contributed by atoms with van der Waals surface area (Å²) in [6, 6.07) is 7.91. The van der Waals surface area contributed by atoms with Crippen LogP contribution in [-0.4, -0.2) is 11.2 Å². The van der Waals surface area contributed by atoms with Gasteiger partial charge in [-0.15, -0.1) is 0 Å². The standard InChI is InChI=1S/C13H17NO/c1-4-12-11(8-14)6-5-7-13(12)9(2)10(3)15/h5-7,9-10,15H,4H2,1-3H3. The number of nitriles is 1. The molecule has 0 heterocycles. The maximum atomic E-state index is 9.57. The van der Waals surface area contributed by atoms with E-state index in [9.17, 15) is 5.11 Å². The van der Waals surface area contributed by atoms with Gasteiger partial charge in [-0.2, -0.15) is 5.26 Å². The third kappa shape index (κ3) is 2.37. The molecule has 0 saturated carbocycles. The number of rotatable bonds is 3. The van der Waals surface area contributed by atoms with Crippen molar-refractivity contribution in [1.29, 1.82) is 5.26 Å². The molecule has 0 aliphatic carbocycles. The molecule has 1 aromatic rings. The summed E-state index contributed by atoms with van der Waals surface area (Å²) in [5, 5.41) is 18.6. The summed E-state index contributed by atoms with van der Waals surface area (Å²) in [6.07, 6.45) is 0.445. The number of aliphatic hydroxyl groups excluding tert-OH is 1. The van der Waals surface area contributed by atoms with Crippen molar-refractivity contribution in [2.24, 2.45) is 0 Å². The first-order chi connectivity index (χ1) is 7.11. The lowest BCUT2D eigenvalue weighted by molar-refractivity contribution is 0.168. The SMILES string of the molecule is CCc1c(C#N)cccc1C(C)C(C)O. The fourth-order valence-corrected chi connectivity index (χ4v) is 1.79. The van der Waals surface area contributed by atoms with Gasteiger partial charge in [0.05, 0.1) is 17.7 Å². The van der Waals surface area contributed by atoms with Crippen LogP contribution in [0.3, 0.4) is 0 Å². The van der Waals surface area contributed by atoms with Crippen LogP contribution in [0, 0.1) is 11.3 Å². The lowest BCUT2D eigenvalue weighted by Crippen LogP contribution is -2.13. The minimum atomic E-state index is -0.385. The van der Waals surface area contributed by atoms with E-state index in [1.54, 1.807) is 6.92 Å². The van der Waals surface area contributed by atoms with Crippen LogP contribution in [0.4, 0.5) is 0 Å². The molecule has 2 atom stereocenters. The van der Waals surface area contributed by atoms with Gasteiger partial charge in [0.15, 0.2) is 0 Å². The fraction of sp³-hybridized carbons (Fsp3) is 0.462. The van der Waals surface area contributed by atoms with Gasteiger partial charge in [0.2, 0.25) is 0 Å². The van der Waals surface area contributed by atoms with E-state index < -0.39 is 0 Å². The van der Waals surface area contributed by atoms with Gasteiger partial charge in [-0.3, -0.25) is 0 Å². The van der Waals surface area contributed by atoms with Crippen molar-refractivity contribution in [1.82, 2.24) is 0 Å². The predicted octanol–water partition coefficient (Wildman–Crippen LogP) is 2.60. The van der Waals surface area contributed by atoms with Crippen LogP contribution in [0.1, 0.15) is 43.4 Å².